The normalized spacial score (nSPS) is 38.1. The van der Waals surface area contributed by atoms with Gasteiger partial charge in [-0.05, 0) is 30.4 Å². The maximum atomic E-state index is 9.97. The molecule has 0 fully saturated rings. The van der Waals surface area contributed by atoms with Crippen LogP contribution < -0.4 is 4.74 Å². The van der Waals surface area contributed by atoms with E-state index < -0.39 is 6.10 Å². The van der Waals surface area contributed by atoms with Gasteiger partial charge in [0.1, 0.15) is 18.0 Å². The molecule has 0 bridgehead atoms. The van der Waals surface area contributed by atoms with Crippen LogP contribution in [0, 0.1) is 5.92 Å². The van der Waals surface area contributed by atoms with Crippen molar-refractivity contribution >= 4 is 0 Å². The second-order valence-electron chi connectivity index (χ2n) is 5.02. The minimum absolute atomic E-state index is 0.0496. The van der Waals surface area contributed by atoms with Gasteiger partial charge in [0.15, 0.2) is 0 Å². The fourth-order valence-corrected chi connectivity index (χ4v) is 3.50. The summed E-state index contributed by atoms with van der Waals surface area (Å²) in [6, 6.07) is 6.30. The number of aryl methyl sites for hydroxylation is 1. The first-order chi connectivity index (χ1) is 7.84. The number of allylic oxidation sites excluding steroid dienone is 1. The van der Waals surface area contributed by atoms with Crippen LogP contribution in [0.5, 0.6) is 5.75 Å². The van der Waals surface area contributed by atoms with Gasteiger partial charge < -0.3 is 9.84 Å². The Morgan fingerprint density at radius 2 is 2.19 bits per heavy atom. The number of hydrogen-bond donors (Lipinski definition) is 1. The molecule has 1 aromatic rings. The Balaban J connectivity index is 1.94. The molecule has 2 aliphatic carbocycles. The summed E-state index contributed by atoms with van der Waals surface area (Å²) in [5.74, 6) is 1.95. The first-order valence-electron chi connectivity index (χ1n) is 5.99. The van der Waals surface area contributed by atoms with Crippen molar-refractivity contribution in [3.8, 4) is 5.75 Å². The van der Waals surface area contributed by atoms with Crippen LogP contribution in [0.25, 0.3) is 0 Å². The van der Waals surface area contributed by atoms with Crippen molar-refractivity contribution in [3.63, 3.8) is 0 Å². The van der Waals surface area contributed by atoms with Crippen molar-refractivity contribution in [2.24, 2.45) is 5.92 Å². The molecule has 0 amide bonds. The number of aliphatic hydroxyl groups excluding tert-OH is 1. The standard InChI is InChI=1S/C14H14O2/c15-10-7-6-9-5-4-8-2-1-3-11-12(8)13(9)14(10)16-11/h1-3,6-7,9-10,13-15H,4-5H2/t9-,10+,13?,14+/m1/s1. The maximum absolute atomic E-state index is 9.97. The second kappa shape index (κ2) is 2.89. The van der Waals surface area contributed by atoms with Crippen LogP contribution in [0.1, 0.15) is 23.5 Å². The summed E-state index contributed by atoms with van der Waals surface area (Å²) >= 11 is 0. The van der Waals surface area contributed by atoms with Gasteiger partial charge in [-0.15, -0.1) is 0 Å². The molecular weight excluding hydrogens is 200 g/mol. The van der Waals surface area contributed by atoms with Crippen LogP contribution in [-0.2, 0) is 6.42 Å². The third kappa shape index (κ3) is 0.957. The largest absolute Gasteiger partial charge is 0.486 e. The highest BCUT2D eigenvalue weighted by atomic mass is 16.5. The van der Waals surface area contributed by atoms with E-state index in [1.54, 1.807) is 0 Å². The van der Waals surface area contributed by atoms with Crippen molar-refractivity contribution in [1.82, 2.24) is 0 Å². The molecule has 1 heterocycles. The summed E-state index contributed by atoms with van der Waals surface area (Å²) in [7, 11) is 0. The Bertz CT molecular complexity index is 478. The predicted molar refractivity (Wildman–Crippen MR) is 60.6 cm³/mol. The van der Waals surface area contributed by atoms with Gasteiger partial charge in [-0.3, -0.25) is 0 Å². The molecule has 4 rings (SSSR count). The van der Waals surface area contributed by atoms with Gasteiger partial charge in [0, 0.05) is 11.5 Å². The van der Waals surface area contributed by atoms with E-state index in [4.69, 9.17) is 4.74 Å². The van der Waals surface area contributed by atoms with E-state index in [0.717, 1.165) is 12.2 Å². The summed E-state index contributed by atoms with van der Waals surface area (Å²) in [4.78, 5) is 0. The van der Waals surface area contributed by atoms with Crippen molar-refractivity contribution in [2.75, 3.05) is 0 Å². The lowest BCUT2D eigenvalue weighted by molar-refractivity contribution is 0.0479. The van der Waals surface area contributed by atoms with Crippen molar-refractivity contribution in [3.05, 3.63) is 41.5 Å². The van der Waals surface area contributed by atoms with Gasteiger partial charge in [0.2, 0.25) is 0 Å². The van der Waals surface area contributed by atoms with E-state index in [0.29, 0.717) is 11.8 Å². The Morgan fingerprint density at radius 1 is 1.25 bits per heavy atom. The zero-order chi connectivity index (χ0) is 10.7. The molecule has 0 radical (unpaired) electrons. The Labute approximate surface area is 94.6 Å². The highest BCUT2D eigenvalue weighted by Gasteiger charge is 2.46. The number of ether oxygens (including phenoxy) is 1. The molecule has 0 spiro atoms. The summed E-state index contributed by atoms with van der Waals surface area (Å²) in [5.41, 5.74) is 2.79. The molecule has 2 heteroatoms. The van der Waals surface area contributed by atoms with Crippen LogP contribution in [0.15, 0.2) is 30.4 Å². The number of hydrogen-bond acceptors (Lipinski definition) is 2. The zero-order valence-electron chi connectivity index (χ0n) is 8.97. The molecule has 0 aromatic heterocycles. The molecule has 1 aliphatic heterocycles. The quantitative estimate of drug-likeness (QED) is 0.669. The molecule has 1 N–H and O–H groups in total. The van der Waals surface area contributed by atoms with Crippen molar-refractivity contribution in [2.45, 2.75) is 31.0 Å². The monoisotopic (exact) mass is 214 g/mol. The van der Waals surface area contributed by atoms with E-state index in [2.05, 4.69) is 18.2 Å². The van der Waals surface area contributed by atoms with Crippen LogP contribution in [-0.4, -0.2) is 17.3 Å². The smallest absolute Gasteiger partial charge is 0.136 e. The highest BCUT2D eigenvalue weighted by Crippen LogP contribution is 2.51. The molecule has 4 atom stereocenters. The fraction of sp³-hybridized carbons (Fsp3) is 0.429. The molecule has 2 nitrogen and oxygen atoms in total. The van der Waals surface area contributed by atoms with E-state index in [1.807, 2.05) is 12.1 Å². The van der Waals surface area contributed by atoms with Gasteiger partial charge in [0.05, 0.1) is 0 Å². The minimum atomic E-state index is -0.445. The number of benzene rings is 1. The van der Waals surface area contributed by atoms with Gasteiger partial charge in [-0.1, -0.05) is 24.3 Å². The first-order valence-corrected chi connectivity index (χ1v) is 5.99. The van der Waals surface area contributed by atoms with Crippen molar-refractivity contribution < 1.29 is 9.84 Å². The summed E-state index contributed by atoms with van der Waals surface area (Å²) in [6.45, 7) is 0. The molecule has 16 heavy (non-hydrogen) atoms. The topological polar surface area (TPSA) is 29.5 Å². The number of rotatable bonds is 0. The zero-order valence-corrected chi connectivity index (χ0v) is 8.97. The molecule has 1 unspecified atom stereocenters. The van der Waals surface area contributed by atoms with E-state index in [1.165, 1.54) is 17.5 Å². The lowest BCUT2D eigenvalue weighted by atomic mass is 9.70. The maximum Gasteiger partial charge on any atom is 0.136 e. The average Bonchev–Trinajstić information content (AvgIpc) is 2.70. The Hall–Kier alpha value is -1.28. The van der Waals surface area contributed by atoms with Crippen LogP contribution >= 0.6 is 0 Å². The lowest BCUT2D eigenvalue weighted by Gasteiger charge is -2.35. The average molecular weight is 214 g/mol. The van der Waals surface area contributed by atoms with E-state index in [-0.39, 0.29) is 6.10 Å². The van der Waals surface area contributed by atoms with Gasteiger partial charge >= 0.3 is 0 Å². The molecule has 1 aromatic carbocycles. The van der Waals surface area contributed by atoms with Crippen LogP contribution in [0.4, 0.5) is 0 Å². The molecule has 3 aliphatic rings. The van der Waals surface area contributed by atoms with Crippen molar-refractivity contribution in [1.29, 1.82) is 0 Å². The minimum Gasteiger partial charge on any atom is -0.486 e. The second-order valence-corrected chi connectivity index (χ2v) is 5.02. The van der Waals surface area contributed by atoms with Crippen LogP contribution in [0.2, 0.25) is 0 Å². The SMILES string of the molecule is O[C@H]1C=C[C@H]2CCc3cccc4c3C2[C@H]1O4. The number of aliphatic hydroxyl groups is 1. The lowest BCUT2D eigenvalue weighted by Crippen LogP contribution is -2.39. The summed E-state index contributed by atoms with van der Waals surface area (Å²) < 4.78 is 5.91. The molecule has 0 saturated carbocycles. The highest BCUT2D eigenvalue weighted by molar-refractivity contribution is 5.50. The molecule has 82 valence electrons. The fourth-order valence-electron chi connectivity index (χ4n) is 3.50. The van der Waals surface area contributed by atoms with Gasteiger partial charge in [-0.25, -0.2) is 0 Å². The van der Waals surface area contributed by atoms with Gasteiger partial charge in [-0.2, -0.15) is 0 Å². The van der Waals surface area contributed by atoms with Gasteiger partial charge in [0.25, 0.3) is 0 Å². The molecular formula is C14H14O2. The first kappa shape index (κ1) is 8.82. The van der Waals surface area contributed by atoms with E-state index in [9.17, 15) is 5.11 Å². The molecule has 0 saturated heterocycles. The summed E-state index contributed by atoms with van der Waals surface area (Å²) in [5, 5.41) is 9.97. The third-order valence-electron chi connectivity index (χ3n) is 4.21. The predicted octanol–water partition coefficient (Wildman–Crippen LogP) is 2.02. The third-order valence-corrected chi connectivity index (χ3v) is 4.21. The summed E-state index contributed by atoms with van der Waals surface area (Å²) in [6.07, 6.45) is 5.92. The Kier molecular flexibility index (Phi) is 1.59. The Morgan fingerprint density at radius 3 is 3.12 bits per heavy atom. The van der Waals surface area contributed by atoms with Crippen LogP contribution in [0.3, 0.4) is 0 Å². The van der Waals surface area contributed by atoms with E-state index >= 15 is 0 Å².